The van der Waals surface area contributed by atoms with Crippen LogP contribution in [-0.2, 0) is 63.3 Å². The van der Waals surface area contributed by atoms with Crippen molar-refractivity contribution in [1.29, 1.82) is 0 Å². The Kier molecular flexibility index (Phi) is 18.2. The van der Waals surface area contributed by atoms with Crippen LogP contribution < -0.4 is 16.7 Å². The normalized spacial score (nSPS) is 10.8. The number of para-hydroxylation sites is 4. The third kappa shape index (κ3) is 25.5. The van der Waals surface area contributed by atoms with Crippen molar-refractivity contribution in [3.8, 4) is 23.0 Å². The Morgan fingerprint density at radius 1 is 0.311 bits per heavy atom. The van der Waals surface area contributed by atoms with E-state index in [1.54, 1.807) is 72.8 Å². The average molecular weight is 741 g/mol. The first-order valence-corrected chi connectivity index (χ1v) is 16.5. The molecule has 0 aliphatic rings. The van der Waals surface area contributed by atoms with Crippen LogP contribution in [0.4, 0.5) is 0 Å². The van der Waals surface area contributed by atoms with E-state index in [2.05, 4.69) is 16.7 Å². The van der Waals surface area contributed by atoms with Crippen LogP contribution >= 0.6 is 0 Å². The standard InChI is InChI=1S/4C6H6O4S.Ti/c4*7-11(8,9)10-6-4-2-1-3-5-6;/h4*1-5H,(H,7,8,9);/q;;;;+4/p-4. The second-order valence-corrected chi connectivity index (χ2v) is 11.2. The molecule has 4 aromatic carbocycles. The Hall–Kier alpha value is -3.57. The van der Waals surface area contributed by atoms with E-state index in [0.717, 1.165) is 0 Å². The van der Waals surface area contributed by atoms with Gasteiger partial charge in [0.15, 0.2) is 0 Å². The molecule has 240 valence electrons. The van der Waals surface area contributed by atoms with E-state index in [9.17, 15) is 51.9 Å². The Labute approximate surface area is 274 Å². The monoisotopic (exact) mass is 740 g/mol. The van der Waals surface area contributed by atoms with Crippen molar-refractivity contribution in [1.82, 2.24) is 0 Å². The van der Waals surface area contributed by atoms with Gasteiger partial charge in [-0.1, -0.05) is 72.8 Å². The molecule has 0 fully saturated rings. The van der Waals surface area contributed by atoms with Gasteiger partial charge < -0.3 is 34.9 Å². The molecule has 0 unspecified atom stereocenters. The number of hydrogen-bond acceptors (Lipinski definition) is 16. The van der Waals surface area contributed by atoms with Crippen LogP contribution in [-0.4, -0.2) is 51.9 Å². The van der Waals surface area contributed by atoms with E-state index in [4.69, 9.17) is 0 Å². The molecule has 0 bridgehead atoms. The third-order valence-electron chi connectivity index (χ3n) is 3.77. The molecule has 0 radical (unpaired) electrons. The van der Waals surface area contributed by atoms with Gasteiger partial charge >= 0.3 is 21.7 Å². The zero-order valence-corrected chi connectivity index (χ0v) is 27.0. The van der Waals surface area contributed by atoms with E-state index in [1.165, 1.54) is 48.5 Å². The summed E-state index contributed by atoms with van der Waals surface area (Å²) >= 11 is 0. The summed E-state index contributed by atoms with van der Waals surface area (Å²) in [6, 6.07) is 30.4. The molecule has 0 saturated heterocycles. The Balaban J connectivity index is 0.000000569. The molecule has 0 aliphatic carbocycles. The maximum absolute atomic E-state index is 10.0. The molecule has 0 aliphatic heterocycles. The average Bonchev–Trinajstić information content (AvgIpc) is 2.88. The molecule has 0 aromatic heterocycles. The first-order valence-electron chi connectivity index (χ1n) is 11.1. The Morgan fingerprint density at radius 3 is 0.556 bits per heavy atom. The molecule has 0 N–H and O–H groups in total. The maximum atomic E-state index is 10.0. The smallest absolute Gasteiger partial charge is 0.716 e. The third-order valence-corrected chi connectivity index (χ3v) is 5.35. The van der Waals surface area contributed by atoms with Gasteiger partial charge in [0.05, 0.1) is 0 Å². The van der Waals surface area contributed by atoms with Crippen molar-refractivity contribution in [3.05, 3.63) is 121 Å². The molecule has 45 heavy (non-hydrogen) atoms. The van der Waals surface area contributed by atoms with Crippen LogP contribution in [0.25, 0.3) is 0 Å². The van der Waals surface area contributed by atoms with E-state index in [0.29, 0.717) is 0 Å². The predicted octanol–water partition coefficient (Wildman–Crippen LogP) is 2.10. The van der Waals surface area contributed by atoms with Crippen LogP contribution in [0.3, 0.4) is 0 Å². The molecule has 0 atom stereocenters. The summed E-state index contributed by atoms with van der Waals surface area (Å²) in [4.78, 5) is 0. The van der Waals surface area contributed by atoms with Gasteiger partial charge in [-0.05, 0) is 48.5 Å². The summed E-state index contributed by atoms with van der Waals surface area (Å²) in [5.41, 5.74) is 0. The molecule has 16 nitrogen and oxygen atoms in total. The summed E-state index contributed by atoms with van der Waals surface area (Å²) < 4.78 is 136. The van der Waals surface area contributed by atoms with Crippen LogP contribution in [0.1, 0.15) is 0 Å². The van der Waals surface area contributed by atoms with E-state index in [-0.39, 0.29) is 44.7 Å². The maximum Gasteiger partial charge on any atom is 4.00 e. The minimum Gasteiger partial charge on any atom is -0.716 e. The molecule has 21 heteroatoms. The second kappa shape index (κ2) is 19.7. The minimum atomic E-state index is -4.63. The van der Waals surface area contributed by atoms with Gasteiger partial charge in [0, 0.05) is 0 Å². The topological polar surface area (TPSA) is 266 Å². The SMILES string of the molecule is O=S(=O)([O-])Oc1ccccc1.O=S(=O)([O-])Oc1ccccc1.O=S(=O)([O-])Oc1ccccc1.O=S(=O)([O-])Oc1ccccc1.[Ti+4]. The van der Waals surface area contributed by atoms with Gasteiger partial charge in [-0.25, -0.2) is 33.7 Å². The van der Waals surface area contributed by atoms with Crippen LogP contribution in [0.15, 0.2) is 121 Å². The quantitative estimate of drug-likeness (QED) is 0.142. The molecule has 0 saturated carbocycles. The summed E-state index contributed by atoms with van der Waals surface area (Å²) in [5.74, 6) is 0.120. The van der Waals surface area contributed by atoms with E-state index < -0.39 is 41.6 Å². The Morgan fingerprint density at radius 2 is 0.444 bits per heavy atom. The summed E-state index contributed by atoms with van der Waals surface area (Å²) in [6.07, 6.45) is 0. The largest absolute Gasteiger partial charge is 4.00 e. The van der Waals surface area contributed by atoms with Crippen molar-refractivity contribution in [3.63, 3.8) is 0 Å². The zero-order valence-electron chi connectivity index (χ0n) is 22.2. The first kappa shape index (κ1) is 41.4. The van der Waals surface area contributed by atoms with E-state index in [1.807, 2.05) is 0 Å². The molecule has 0 heterocycles. The molecule has 0 amide bonds. The summed E-state index contributed by atoms with van der Waals surface area (Å²) in [7, 11) is -18.5. The van der Waals surface area contributed by atoms with Gasteiger partial charge in [-0.15, -0.1) is 0 Å². The minimum absolute atomic E-state index is 0. The predicted molar refractivity (Wildman–Crippen MR) is 147 cm³/mol. The summed E-state index contributed by atoms with van der Waals surface area (Å²) in [6.45, 7) is 0. The molecule has 4 aromatic rings. The van der Waals surface area contributed by atoms with Gasteiger partial charge in [-0.2, -0.15) is 0 Å². The fourth-order valence-electron chi connectivity index (χ4n) is 2.38. The fraction of sp³-hybridized carbons (Fsp3) is 0. The second-order valence-electron chi connectivity index (χ2n) is 7.22. The molecule has 4 rings (SSSR count). The number of rotatable bonds is 8. The Bertz CT molecular complexity index is 1550. The molecular weight excluding hydrogens is 720 g/mol. The fourth-order valence-corrected chi connectivity index (χ4v) is 3.76. The molecule has 0 spiro atoms. The number of hydrogen-bond donors (Lipinski definition) is 0. The molecular formula is C24H20O16S4Ti. The van der Waals surface area contributed by atoms with E-state index >= 15 is 0 Å². The van der Waals surface area contributed by atoms with Crippen molar-refractivity contribution in [2.24, 2.45) is 0 Å². The van der Waals surface area contributed by atoms with Gasteiger partial charge in [-0.3, -0.25) is 0 Å². The van der Waals surface area contributed by atoms with Crippen LogP contribution in [0.5, 0.6) is 23.0 Å². The van der Waals surface area contributed by atoms with Crippen molar-refractivity contribution in [2.45, 2.75) is 0 Å². The van der Waals surface area contributed by atoms with Crippen molar-refractivity contribution in [2.75, 3.05) is 0 Å². The summed E-state index contributed by atoms with van der Waals surface area (Å²) in [5, 5.41) is 0. The van der Waals surface area contributed by atoms with Crippen molar-refractivity contribution >= 4 is 41.6 Å². The van der Waals surface area contributed by atoms with Crippen LogP contribution in [0.2, 0.25) is 0 Å². The van der Waals surface area contributed by atoms with Crippen LogP contribution in [0, 0.1) is 0 Å². The van der Waals surface area contributed by atoms with Crippen molar-refractivity contribution < 1.29 is 90.3 Å². The van der Waals surface area contributed by atoms with Gasteiger partial charge in [0.2, 0.25) is 0 Å². The van der Waals surface area contributed by atoms with Gasteiger partial charge in [0.25, 0.3) is 41.6 Å². The zero-order chi connectivity index (χ0) is 33.3. The number of benzene rings is 4. The first-order chi connectivity index (χ1) is 20.3. The van der Waals surface area contributed by atoms with Gasteiger partial charge in [0.1, 0.15) is 23.0 Å².